The Morgan fingerprint density at radius 2 is 2.00 bits per heavy atom. The summed E-state index contributed by atoms with van der Waals surface area (Å²) in [5.74, 6) is -0.301. The molecule has 2 nitrogen and oxygen atoms in total. The van der Waals surface area contributed by atoms with Crippen LogP contribution in [-0.2, 0) is 7.05 Å². The number of nitrogens with zero attached hydrogens (tertiary/aromatic N) is 2. The van der Waals surface area contributed by atoms with Gasteiger partial charge in [-0.15, -0.1) is 0 Å². The summed E-state index contributed by atoms with van der Waals surface area (Å²) in [5, 5.41) is 9.12. The van der Waals surface area contributed by atoms with Gasteiger partial charge in [-0.05, 0) is 35.9 Å². The van der Waals surface area contributed by atoms with Crippen LogP contribution < -0.4 is 0 Å². The van der Waals surface area contributed by atoms with Crippen LogP contribution in [0.25, 0.3) is 11.6 Å². The van der Waals surface area contributed by atoms with Crippen LogP contribution in [0.4, 0.5) is 4.39 Å². The van der Waals surface area contributed by atoms with Gasteiger partial charge < -0.3 is 4.57 Å². The van der Waals surface area contributed by atoms with Crippen molar-refractivity contribution in [2.75, 3.05) is 0 Å². The fourth-order valence-electron chi connectivity index (χ4n) is 1.58. The Morgan fingerprint density at radius 3 is 2.53 bits per heavy atom. The Morgan fingerprint density at radius 1 is 1.29 bits per heavy atom. The Labute approximate surface area is 99.2 Å². The minimum absolute atomic E-state index is 0.301. The molecule has 0 radical (unpaired) electrons. The smallest absolute Gasteiger partial charge is 0.123 e. The number of nitriles is 1. The molecule has 0 unspecified atom stereocenters. The first-order valence-electron chi connectivity index (χ1n) is 5.20. The molecule has 0 bridgehead atoms. The van der Waals surface area contributed by atoms with Gasteiger partial charge in [0.1, 0.15) is 5.82 Å². The van der Waals surface area contributed by atoms with Crippen molar-refractivity contribution in [2.24, 2.45) is 7.05 Å². The second-order valence-corrected chi connectivity index (χ2v) is 3.72. The zero-order valence-electron chi connectivity index (χ0n) is 9.39. The standard InChI is InChI=1S/C14H11FN2/c1-17-8-2-3-14(17)9-12(10-16)11-4-6-13(15)7-5-11/h2-9H,1H3/b12-9-. The quantitative estimate of drug-likeness (QED) is 0.723. The molecule has 0 saturated heterocycles. The summed E-state index contributed by atoms with van der Waals surface area (Å²) in [6, 6.07) is 11.9. The predicted molar refractivity (Wildman–Crippen MR) is 65.3 cm³/mol. The summed E-state index contributed by atoms with van der Waals surface area (Å²) in [6.07, 6.45) is 3.69. The first-order valence-corrected chi connectivity index (χ1v) is 5.20. The number of benzene rings is 1. The van der Waals surface area contributed by atoms with Gasteiger partial charge in [0, 0.05) is 18.9 Å². The highest BCUT2D eigenvalue weighted by atomic mass is 19.1. The summed E-state index contributed by atoms with van der Waals surface area (Å²) in [6.45, 7) is 0. The maximum Gasteiger partial charge on any atom is 0.123 e. The van der Waals surface area contributed by atoms with Crippen LogP contribution in [0.1, 0.15) is 11.3 Å². The van der Waals surface area contributed by atoms with Crippen LogP contribution in [0.5, 0.6) is 0 Å². The van der Waals surface area contributed by atoms with Crippen molar-refractivity contribution in [1.82, 2.24) is 4.57 Å². The molecule has 17 heavy (non-hydrogen) atoms. The predicted octanol–water partition coefficient (Wildman–Crippen LogP) is 3.23. The van der Waals surface area contributed by atoms with Gasteiger partial charge in [0.2, 0.25) is 0 Å². The molecule has 0 fully saturated rings. The lowest BCUT2D eigenvalue weighted by Crippen LogP contribution is -1.89. The van der Waals surface area contributed by atoms with Crippen molar-refractivity contribution < 1.29 is 4.39 Å². The molecule has 1 aromatic carbocycles. The monoisotopic (exact) mass is 226 g/mol. The third-order valence-electron chi connectivity index (χ3n) is 2.55. The average Bonchev–Trinajstić information content (AvgIpc) is 2.73. The van der Waals surface area contributed by atoms with Gasteiger partial charge in [0.25, 0.3) is 0 Å². The van der Waals surface area contributed by atoms with E-state index in [4.69, 9.17) is 5.26 Å². The second-order valence-electron chi connectivity index (χ2n) is 3.72. The average molecular weight is 226 g/mol. The third kappa shape index (κ3) is 2.43. The van der Waals surface area contributed by atoms with E-state index in [0.29, 0.717) is 5.57 Å². The summed E-state index contributed by atoms with van der Waals surface area (Å²) in [7, 11) is 1.91. The maximum atomic E-state index is 12.8. The van der Waals surface area contributed by atoms with Crippen molar-refractivity contribution in [2.45, 2.75) is 0 Å². The molecule has 2 rings (SSSR count). The summed E-state index contributed by atoms with van der Waals surface area (Å²) < 4.78 is 14.7. The minimum atomic E-state index is -0.301. The number of hydrogen-bond donors (Lipinski definition) is 0. The van der Waals surface area contributed by atoms with E-state index in [-0.39, 0.29) is 5.82 Å². The molecular weight excluding hydrogens is 215 g/mol. The van der Waals surface area contributed by atoms with E-state index in [9.17, 15) is 4.39 Å². The van der Waals surface area contributed by atoms with Gasteiger partial charge in [-0.1, -0.05) is 12.1 Å². The van der Waals surface area contributed by atoms with E-state index in [1.165, 1.54) is 12.1 Å². The molecule has 3 heteroatoms. The van der Waals surface area contributed by atoms with Crippen molar-refractivity contribution in [3.8, 4) is 6.07 Å². The van der Waals surface area contributed by atoms with Crippen LogP contribution in [0, 0.1) is 17.1 Å². The molecule has 84 valence electrons. The molecule has 0 saturated carbocycles. The van der Waals surface area contributed by atoms with Crippen molar-refractivity contribution >= 4 is 11.6 Å². The number of aromatic nitrogens is 1. The van der Waals surface area contributed by atoms with Crippen LogP contribution in [-0.4, -0.2) is 4.57 Å². The number of allylic oxidation sites excluding steroid dienone is 1. The zero-order valence-corrected chi connectivity index (χ0v) is 9.39. The molecule has 1 aromatic heterocycles. The third-order valence-corrected chi connectivity index (χ3v) is 2.55. The van der Waals surface area contributed by atoms with Crippen LogP contribution in [0.3, 0.4) is 0 Å². The maximum absolute atomic E-state index is 12.8. The van der Waals surface area contributed by atoms with E-state index in [1.54, 1.807) is 18.2 Å². The molecule has 0 N–H and O–H groups in total. The number of halogens is 1. The molecule has 0 amide bonds. The van der Waals surface area contributed by atoms with Crippen molar-refractivity contribution in [3.63, 3.8) is 0 Å². The minimum Gasteiger partial charge on any atom is -0.351 e. The lowest BCUT2D eigenvalue weighted by molar-refractivity contribution is 0.627. The van der Waals surface area contributed by atoms with Crippen LogP contribution in [0.2, 0.25) is 0 Å². The molecule has 2 aromatic rings. The Kier molecular flexibility index (Phi) is 3.06. The lowest BCUT2D eigenvalue weighted by Gasteiger charge is -2.00. The van der Waals surface area contributed by atoms with E-state index in [2.05, 4.69) is 6.07 Å². The summed E-state index contributed by atoms with van der Waals surface area (Å²) in [5.41, 5.74) is 2.17. The number of aryl methyl sites for hydroxylation is 1. The van der Waals surface area contributed by atoms with Gasteiger partial charge in [-0.2, -0.15) is 5.26 Å². The first-order chi connectivity index (χ1) is 8.20. The summed E-state index contributed by atoms with van der Waals surface area (Å²) >= 11 is 0. The summed E-state index contributed by atoms with van der Waals surface area (Å²) in [4.78, 5) is 0. The van der Waals surface area contributed by atoms with Gasteiger partial charge in [-0.25, -0.2) is 4.39 Å². The van der Waals surface area contributed by atoms with Crippen LogP contribution in [0.15, 0.2) is 42.6 Å². The first kappa shape index (κ1) is 11.2. The van der Waals surface area contributed by atoms with E-state index in [0.717, 1.165) is 11.3 Å². The van der Waals surface area contributed by atoms with Crippen molar-refractivity contribution in [3.05, 3.63) is 59.7 Å². The Hall–Kier alpha value is -2.34. The van der Waals surface area contributed by atoms with Crippen molar-refractivity contribution in [1.29, 1.82) is 5.26 Å². The highest BCUT2D eigenvalue weighted by molar-refractivity contribution is 5.88. The normalized spacial score (nSPS) is 11.2. The van der Waals surface area contributed by atoms with E-state index >= 15 is 0 Å². The molecule has 0 spiro atoms. The van der Waals surface area contributed by atoms with Crippen LogP contribution >= 0.6 is 0 Å². The topological polar surface area (TPSA) is 28.7 Å². The Balaban J connectivity index is 2.41. The fourth-order valence-corrected chi connectivity index (χ4v) is 1.58. The molecule has 0 aliphatic rings. The highest BCUT2D eigenvalue weighted by Crippen LogP contribution is 2.17. The molecule has 0 aliphatic heterocycles. The van der Waals surface area contributed by atoms with Gasteiger partial charge >= 0.3 is 0 Å². The number of hydrogen-bond acceptors (Lipinski definition) is 1. The fraction of sp³-hybridized carbons (Fsp3) is 0.0714. The largest absolute Gasteiger partial charge is 0.351 e. The molecule has 0 aliphatic carbocycles. The molecule has 1 heterocycles. The van der Waals surface area contributed by atoms with Gasteiger partial charge in [0.15, 0.2) is 0 Å². The molecule has 0 atom stereocenters. The van der Waals surface area contributed by atoms with Gasteiger partial charge in [0.05, 0.1) is 11.6 Å². The zero-order chi connectivity index (χ0) is 12.3. The van der Waals surface area contributed by atoms with Gasteiger partial charge in [-0.3, -0.25) is 0 Å². The highest BCUT2D eigenvalue weighted by Gasteiger charge is 2.02. The second kappa shape index (κ2) is 4.67. The molecular formula is C14H11FN2. The number of rotatable bonds is 2. The lowest BCUT2D eigenvalue weighted by atomic mass is 10.1. The Bertz CT molecular complexity index is 585. The SMILES string of the molecule is Cn1cccc1/C=C(/C#N)c1ccc(F)cc1. The van der Waals surface area contributed by atoms with E-state index < -0.39 is 0 Å². The van der Waals surface area contributed by atoms with E-state index in [1.807, 2.05) is 29.9 Å².